The van der Waals surface area contributed by atoms with E-state index >= 15 is 0 Å². The maximum atomic E-state index is 12.2. The van der Waals surface area contributed by atoms with E-state index in [0.29, 0.717) is 16.4 Å². The molecular weight excluding hydrogens is 262 g/mol. The quantitative estimate of drug-likeness (QED) is 0.916. The van der Waals surface area contributed by atoms with Crippen LogP contribution in [0.5, 0.6) is 0 Å². The maximum Gasteiger partial charge on any atom is 0.260 e. The van der Waals surface area contributed by atoms with E-state index in [2.05, 4.69) is 10.4 Å². The number of carbonyl (C=O) groups excluding carboxylic acids is 1. The first-order chi connectivity index (χ1) is 8.90. The first kappa shape index (κ1) is 13.6. The van der Waals surface area contributed by atoms with Gasteiger partial charge in [0.15, 0.2) is 0 Å². The van der Waals surface area contributed by atoms with Crippen LogP contribution in [0.3, 0.4) is 0 Å². The molecule has 0 radical (unpaired) electrons. The van der Waals surface area contributed by atoms with Crippen molar-refractivity contribution >= 4 is 23.2 Å². The van der Waals surface area contributed by atoms with Gasteiger partial charge in [0.25, 0.3) is 5.91 Å². The van der Waals surface area contributed by atoms with Gasteiger partial charge in [-0.15, -0.1) is 0 Å². The number of nitrogens with zero attached hydrogens (tertiary/aromatic N) is 2. The minimum absolute atomic E-state index is 0.237. The fraction of sp³-hybridized carbons (Fsp3) is 0.286. The van der Waals surface area contributed by atoms with Gasteiger partial charge in [0.2, 0.25) is 0 Å². The van der Waals surface area contributed by atoms with Crippen molar-refractivity contribution in [2.75, 3.05) is 5.32 Å². The van der Waals surface area contributed by atoms with Crippen LogP contribution in [0.15, 0.2) is 18.2 Å². The van der Waals surface area contributed by atoms with Crippen molar-refractivity contribution in [1.82, 2.24) is 9.78 Å². The average Bonchev–Trinajstić information content (AvgIpc) is 2.58. The summed E-state index contributed by atoms with van der Waals surface area (Å²) in [5.74, 6) is -0.237. The fourth-order valence-electron chi connectivity index (χ4n) is 1.90. The first-order valence-electron chi connectivity index (χ1n) is 5.98. The van der Waals surface area contributed by atoms with E-state index in [1.165, 1.54) is 10.2 Å². The van der Waals surface area contributed by atoms with Gasteiger partial charge in [-0.2, -0.15) is 5.10 Å². The third-order valence-electron chi connectivity index (χ3n) is 3.14. The molecule has 1 aromatic heterocycles. The molecule has 0 atom stereocenters. The zero-order valence-corrected chi connectivity index (χ0v) is 12.2. The second-order valence-corrected chi connectivity index (χ2v) is 4.99. The summed E-state index contributed by atoms with van der Waals surface area (Å²) in [7, 11) is 1.71. The highest BCUT2D eigenvalue weighted by molar-refractivity contribution is 6.33. The normalized spacial score (nSPS) is 10.6. The number of carbonyl (C=O) groups is 1. The molecule has 1 amide bonds. The smallest absolute Gasteiger partial charge is 0.260 e. The van der Waals surface area contributed by atoms with Gasteiger partial charge < -0.3 is 5.32 Å². The lowest BCUT2D eigenvalue weighted by molar-refractivity contribution is 0.102. The van der Waals surface area contributed by atoms with Crippen LogP contribution >= 0.6 is 11.6 Å². The van der Waals surface area contributed by atoms with Crippen LogP contribution in [0.2, 0.25) is 5.15 Å². The van der Waals surface area contributed by atoms with Crippen LogP contribution in [0.4, 0.5) is 5.69 Å². The summed E-state index contributed by atoms with van der Waals surface area (Å²) in [6, 6.07) is 5.79. The summed E-state index contributed by atoms with van der Waals surface area (Å²) in [5, 5.41) is 7.32. The van der Waals surface area contributed by atoms with Crippen LogP contribution in [0.1, 0.15) is 27.2 Å². The second-order valence-electron chi connectivity index (χ2n) is 4.63. The number of rotatable bonds is 2. The highest BCUT2D eigenvalue weighted by atomic mass is 35.5. The highest BCUT2D eigenvalue weighted by Crippen LogP contribution is 2.21. The number of amides is 1. The van der Waals surface area contributed by atoms with Crippen molar-refractivity contribution in [1.29, 1.82) is 0 Å². The van der Waals surface area contributed by atoms with E-state index in [4.69, 9.17) is 11.6 Å². The minimum atomic E-state index is -0.237. The Labute approximate surface area is 117 Å². The number of benzene rings is 1. The van der Waals surface area contributed by atoms with E-state index in [-0.39, 0.29) is 5.91 Å². The molecule has 19 heavy (non-hydrogen) atoms. The van der Waals surface area contributed by atoms with Crippen molar-refractivity contribution in [3.8, 4) is 0 Å². The summed E-state index contributed by atoms with van der Waals surface area (Å²) < 4.78 is 1.49. The average molecular weight is 278 g/mol. The molecule has 0 aliphatic rings. The van der Waals surface area contributed by atoms with Gasteiger partial charge in [-0.25, -0.2) is 0 Å². The number of anilines is 1. The van der Waals surface area contributed by atoms with E-state index in [1.54, 1.807) is 14.0 Å². The molecule has 0 saturated carbocycles. The monoisotopic (exact) mass is 277 g/mol. The van der Waals surface area contributed by atoms with E-state index in [1.807, 2.05) is 32.0 Å². The Kier molecular flexibility index (Phi) is 3.62. The van der Waals surface area contributed by atoms with E-state index in [9.17, 15) is 4.79 Å². The number of hydrogen-bond acceptors (Lipinski definition) is 2. The van der Waals surface area contributed by atoms with Gasteiger partial charge in [-0.1, -0.05) is 17.7 Å². The van der Waals surface area contributed by atoms with Gasteiger partial charge >= 0.3 is 0 Å². The van der Waals surface area contributed by atoms with Crippen molar-refractivity contribution < 1.29 is 4.79 Å². The lowest BCUT2D eigenvalue weighted by Gasteiger charge is -2.07. The Morgan fingerprint density at radius 1 is 1.26 bits per heavy atom. The standard InChI is InChI=1S/C14H16ClN3O/c1-8-5-6-11(7-9(8)2)16-14(19)12-10(3)17-18(4)13(12)15/h5-7H,1-4H3,(H,16,19). The Morgan fingerprint density at radius 3 is 2.47 bits per heavy atom. The van der Waals surface area contributed by atoms with E-state index in [0.717, 1.165) is 11.3 Å². The summed E-state index contributed by atoms with van der Waals surface area (Å²) in [5.41, 5.74) is 4.11. The zero-order chi connectivity index (χ0) is 14.2. The van der Waals surface area contributed by atoms with Crippen molar-refractivity contribution in [2.45, 2.75) is 20.8 Å². The Bertz CT molecular complexity index is 646. The van der Waals surface area contributed by atoms with Crippen LogP contribution in [0.25, 0.3) is 0 Å². The van der Waals surface area contributed by atoms with Gasteiger partial charge in [-0.3, -0.25) is 9.48 Å². The van der Waals surface area contributed by atoms with Crippen molar-refractivity contribution in [2.24, 2.45) is 7.05 Å². The lowest BCUT2D eigenvalue weighted by Crippen LogP contribution is -2.13. The third-order valence-corrected chi connectivity index (χ3v) is 3.58. The molecule has 100 valence electrons. The van der Waals surface area contributed by atoms with Crippen LogP contribution in [-0.2, 0) is 7.05 Å². The molecule has 2 aromatic rings. The molecule has 4 nitrogen and oxygen atoms in total. The summed E-state index contributed by atoms with van der Waals surface area (Å²) >= 11 is 6.07. The Hall–Kier alpha value is -1.81. The molecule has 5 heteroatoms. The highest BCUT2D eigenvalue weighted by Gasteiger charge is 2.18. The first-order valence-corrected chi connectivity index (χ1v) is 6.35. The van der Waals surface area contributed by atoms with Crippen LogP contribution in [-0.4, -0.2) is 15.7 Å². The topological polar surface area (TPSA) is 46.9 Å². The fourth-order valence-corrected chi connectivity index (χ4v) is 2.16. The summed E-state index contributed by atoms with van der Waals surface area (Å²) in [4.78, 5) is 12.2. The summed E-state index contributed by atoms with van der Waals surface area (Å²) in [6.07, 6.45) is 0. The molecule has 1 N–H and O–H groups in total. The van der Waals surface area contributed by atoms with Crippen molar-refractivity contribution in [3.05, 3.63) is 45.7 Å². The largest absolute Gasteiger partial charge is 0.322 e. The predicted octanol–water partition coefficient (Wildman–Crippen LogP) is 3.25. The number of aryl methyl sites for hydroxylation is 4. The number of hydrogen-bond donors (Lipinski definition) is 1. The predicted molar refractivity (Wildman–Crippen MR) is 76.8 cm³/mol. The molecule has 0 aliphatic heterocycles. The van der Waals surface area contributed by atoms with Gasteiger partial charge in [0.1, 0.15) is 5.15 Å². The molecule has 0 aliphatic carbocycles. The third kappa shape index (κ3) is 2.63. The molecule has 2 rings (SSSR count). The maximum absolute atomic E-state index is 12.2. The number of aromatic nitrogens is 2. The molecule has 0 spiro atoms. The van der Waals surface area contributed by atoms with Gasteiger partial charge in [0, 0.05) is 12.7 Å². The van der Waals surface area contributed by atoms with Crippen LogP contribution < -0.4 is 5.32 Å². The molecular formula is C14H16ClN3O. The second kappa shape index (κ2) is 5.05. The van der Waals surface area contributed by atoms with Crippen molar-refractivity contribution in [3.63, 3.8) is 0 Å². The number of halogens is 1. The molecule has 1 heterocycles. The Balaban J connectivity index is 2.28. The SMILES string of the molecule is Cc1ccc(NC(=O)c2c(C)nn(C)c2Cl)cc1C. The lowest BCUT2D eigenvalue weighted by atomic mass is 10.1. The van der Waals surface area contributed by atoms with Gasteiger partial charge in [0.05, 0.1) is 11.3 Å². The summed E-state index contributed by atoms with van der Waals surface area (Å²) in [6.45, 7) is 5.80. The van der Waals surface area contributed by atoms with Gasteiger partial charge in [-0.05, 0) is 44.0 Å². The molecule has 0 unspecified atom stereocenters. The number of nitrogens with one attached hydrogen (secondary N) is 1. The molecule has 1 aromatic carbocycles. The molecule has 0 fully saturated rings. The zero-order valence-electron chi connectivity index (χ0n) is 11.4. The van der Waals surface area contributed by atoms with E-state index < -0.39 is 0 Å². The Morgan fingerprint density at radius 2 is 1.95 bits per heavy atom. The molecule has 0 bridgehead atoms. The van der Waals surface area contributed by atoms with Crippen LogP contribution in [0, 0.1) is 20.8 Å². The molecule has 0 saturated heterocycles. The minimum Gasteiger partial charge on any atom is -0.322 e.